The number of fused-ring (bicyclic) bond motifs is 2. The number of ether oxygens (including phenoxy) is 2. The molecule has 2 heterocycles. The third-order valence-corrected chi connectivity index (χ3v) is 5.84. The van der Waals surface area contributed by atoms with Gasteiger partial charge in [-0.05, 0) is 87.0 Å². The number of nitrogens with one attached hydrogen (secondary N) is 2. The molecule has 0 amide bonds. The van der Waals surface area contributed by atoms with Crippen LogP contribution in [0.1, 0.15) is 30.4 Å². The van der Waals surface area contributed by atoms with Gasteiger partial charge in [-0.15, -0.1) is 0 Å². The topological polar surface area (TPSA) is 46.3 Å². The molecule has 3 aromatic rings. The third-order valence-electron chi connectivity index (χ3n) is 5.84. The molecular weight excluding hydrogens is 386 g/mol. The Bertz CT molecular complexity index is 1000. The van der Waals surface area contributed by atoms with Crippen LogP contribution in [0.5, 0.6) is 11.5 Å². The van der Waals surface area contributed by atoms with Crippen molar-refractivity contribution in [3.8, 4) is 11.5 Å². The maximum absolute atomic E-state index is 13.9. The van der Waals surface area contributed by atoms with Gasteiger partial charge in [-0.3, -0.25) is 0 Å². The molecule has 160 valence electrons. The minimum Gasteiger partial charge on any atom is -0.496 e. The van der Waals surface area contributed by atoms with Gasteiger partial charge in [0.2, 0.25) is 0 Å². The fraction of sp³-hybridized carbons (Fsp3) is 0.417. The summed E-state index contributed by atoms with van der Waals surface area (Å²) in [5.41, 5.74) is 2.98. The van der Waals surface area contributed by atoms with Crippen LogP contribution in [0.25, 0.3) is 10.9 Å². The van der Waals surface area contributed by atoms with Gasteiger partial charge in [-0.1, -0.05) is 0 Å². The Hall–Kier alpha value is -2.60. The largest absolute Gasteiger partial charge is 0.496 e. The summed E-state index contributed by atoms with van der Waals surface area (Å²) in [6.45, 7) is 2.41. The van der Waals surface area contributed by atoms with E-state index in [1.54, 1.807) is 25.3 Å². The second kappa shape index (κ2) is 9.47. The van der Waals surface area contributed by atoms with E-state index in [9.17, 15) is 8.78 Å². The molecule has 0 bridgehead atoms. The first-order valence-electron chi connectivity index (χ1n) is 10.6. The Balaban J connectivity index is 1.17. The lowest BCUT2D eigenvalue weighted by Gasteiger charge is -2.27. The number of aryl methyl sites for hydroxylation is 1. The lowest BCUT2D eigenvalue weighted by Crippen LogP contribution is -2.24. The lowest BCUT2D eigenvalue weighted by molar-refractivity contribution is 0.199. The number of halogens is 2. The Morgan fingerprint density at radius 1 is 1.17 bits per heavy atom. The van der Waals surface area contributed by atoms with Crippen molar-refractivity contribution < 1.29 is 18.3 Å². The van der Waals surface area contributed by atoms with Crippen molar-refractivity contribution >= 4 is 10.9 Å². The summed E-state index contributed by atoms with van der Waals surface area (Å²) in [5, 5.41) is 4.46. The Kier molecular flexibility index (Phi) is 6.53. The molecule has 0 saturated carbocycles. The van der Waals surface area contributed by atoms with Gasteiger partial charge in [0.25, 0.3) is 0 Å². The van der Waals surface area contributed by atoms with E-state index in [2.05, 4.69) is 10.3 Å². The highest BCUT2D eigenvalue weighted by atomic mass is 19.1. The van der Waals surface area contributed by atoms with Crippen LogP contribution in [-0.2, 0) is 12.8 Å². The van der Waals surface area contributed by atoms with Crippen molar-refractivity contribution in [1.82, 2.24) is 10.3 Å². The second-order valence-electron chi connectivity index (χ2n) is 7.94. The van der Waals surface area contributed by atoms with Crippen LogP contribution >= 0.6 is 0 Å². The van der Waals surface area contributed by atoms with Crippen molar-refractivity contribution in [2.75, 3.05) is 26.8 Å². The van der Waals surface area contributed by atoms with E-state index in [1.807, 2.05) is 6.20 Å². The molecule has 2 N–H and O–H groups in total. The van der Waals surface area contributed by atoms with E-state index in [0.29, 0.717) is 24.0 Å². The standard InChI is InChI=1S/C24H28F2N2O2/c1-29-23-9-7-21(26)24-20(23)12-16(15-30-24)4-2-10-27-11-3-5-17-14-28-22-8-6-18(25)13-19(17)22/h6-9,13-14,16,27-28H,2-5,10-12,15H2,1H3. The van der Waals surface area contributed by atoms with Crippen molar-refractivity contribution in [2.24, 2.45) is 5.92 Å². The van der Waals surface area contributed by atoms with Gasteiger partial charge in [-0.25, -0.2) is 8.78 Å². The summed E-state index contributed by atoms with van der Waals surface area (Å²) in [4.78, 5) is 3.20. The zero-order valence-corrected chi connectivity index (χ0v) is 17.3. The van der Waals surface area contributed by atoms with Crippen LogP contribution < -0.4 is 14.8 Å². The average molecular weight is 414 g/mol. The van der Waals surface area contributed by atoms with E-state index in [0.717, 1.165) is 67.2 Å². The highest BCUT2D eigenvalue weighted by molar-refractivity contribution is 5.83. The Labute approximate surface area is 175 Å². The number of rotatable bonds is 9. The molecule has 0 saturated heterocycles. The average Bonchev–Trinajstić information content (AvgIpc) is 3.15. The fourth-order valence-electron chi connectivity index (χ4n) is 4.26. The molecule has 1 unspecified atom stereocenters. The highest BCUT2D eigenvalue weighted by Crippen LogP contribution is 2.37. The monoisotopic (exact) mass is 414 g/mol. The van der Waals surface area contributed by atoms with Gasteiger partial charge in [0.15, 0.2) is 11.6 Å². The molecule has 0 aliphatic carbocycles. The highest BCUT2D eigenvalue weighted by Gasteiger charge is 2.25. The van der Waals surface area contributed by atoms with Crippen LogP contribution in [0.3, 0.4) is 0 Å². The van der Waals surface area contributed by atoms with Gasteiger partial charge < -0.3 is 19.8 Å². The normalized spacial score (nSPS) is 15.8. The molecule has 1 aromatic heterocycles. The predicted octanol–water partition coefficient (Wildman–Crippen LogP) is 5.01. The summed E-state index contributed by atoms with van der Waals surface area (Å²) in [6.07, 6.45) is 6.73. The molecule has 4 nitrogen and oxygen atoms in total. The number of hydrogen-bond donors (Lipinski definition) is 2. The second-order valence-corrected chi connectivity index (χ2v) is 7.94. The molecule has 1 aliphatic heterocycles. The molecule has 6 heteroatoms. The minimum atomic E-state index is -0.316. The first kappa shape index (κ1) is 20.7. The predicted molar refractivity (Wildman–Crippen MR) is 114 cm³/mol. The van der Waals surface area contributed by atoms with Crippen molar-refractivity contribution in [2.45, 2.75) is 32.1 Å². The minimum absolute atomic E-state index is 0.198. The lowest BCUT2D eigenvalue weighted by atomic mass is 9.92. The summed E-state index contributed by atoms with van der Waals surface area (Å²) in [6, 6.07) is 7.93. The molecule has 30 heavy (non-hydrogen) atoms. The molecule has 1 atom stereocenters. The van der Waals surface area contributed by atoms with Crippen molar-refractivity contribution in [3.63, 3.8) is 0 Å². The first-order valence-corrected chi connectivity index (χ1v) is 10.6. The van der Waals surface area contributed by atoms with Crippen LogP contribution in [-0.4, -0.2) is 31.8 Å². The first-order chi connectivity index (χ1) is 14.7. The fourth-order valence-corrected chi connectivity index (χ4v) is 4.26. The van der Waals surface area contributed by atoms with E-state index in [1.165, 1.54) is 12.1 Å². The molecule has 1 aliphatic rings. The maximum Gasteiger partial charge on any atom is 0.165 e. The number of methoxy groups -OCH3 is 1. The van der Waals surface area contributed by atoms with Crippen LogP contribution in [0.4, 0.5) is 8.78 Å². The number of H-pyrrole nitrogens is 1. The zero-order chi connectivity index (χ0) is 20.9. The maximum atomic E-state index is 13.9. The van der Waals surface area contributed by atoms with E-state index >= 15 is 0 Å². The van der Waals surface area contributed by atoms with Crippen LogP contribution in [0.2, 0.25) is 0 Å². The van der Waals surface area contributed by atoms with E-state index < -0.39 is 0 Å². The smallest absolute Gasteiger partial charge is 0.165 e. The molecule has 4 rings (SSSR count). The molecule has 0 radical (unpaired) electrons. The van der Waals surface area contributed by atoms with Gasteiger partial charge in [0.05, 0.1) is 13.7 Å². The van der Waals surface area contributed by atoms with Gasteiger partial charge in [-0.2, -0.15) is 0 Å². The number of aromatic nitrogens is 1. The molecule has 2 aromatic carbocycles. The van der Waals surface area contributed by atoms with Crippen molar-refractivity contribution in [1.29, 1.82) is 0 Å². The summed E-state index contributed by atoms with van der Waals surface area (Å²) >= 11 is 0. The third kappa shape index (κ3) is 4.59. The Morgan fingerprint density at radius 2 is 2.03 bits per heavy atom. The zero-order valence-electron chi connectivity index (χ0n) is 17.3. The SMILES string of the molecule is COc1ccc(F)c2c1CC(CCCNCCCc1c[nH]c3ccc(F)cc13)CO2. The summed E-state index contributed by atoms with van der Waals surface area (Å²) in [7, 11) is 1.60. The van der Waals surface area contributed by atoms with Crippen LogP contribution in [0, 0.1) is 17.6 Å². The number of hydrogen-bond acceptors (Lipinski definition) is 3. The molecule has 0 spiro atoms. The number of aromatic amines is 1. The van der Waals surface area contributed by atoms with Crippen LogP contribution in [0.15, 0.2) is 36.5 Å². The Morgan fingerprint density at radius 3 is 2.90 bits per heavy atom. The molecule has 0 fully saturated rings. The van der Waals surface area contributed by atoms with E-state index in [-0.39, 0.29) is 11.6 Å². The van der Waals surface area contributed by atoms with E-state index in [4.69, 9.17) is 9.47 Å². The quantitative estimate of drug-likeness (QED) is 0.484. The van der Waals surface area contributed by atoms with Gasteiger partial charge in [0.1, 0.15) is 11.6 Å². The van der Waals surface area contributed by atoms with Crippen molar-refractivity contribution in [3.05, 3.63) is 59.3 Å². The number of benzene rings is 2. The molecular formula is C24H28F2N2O2. The summed E-state index contributed by atoms with van der Waals surface area (Å²) in [5.74, 6) is 0.906. The van der Waals surface area contributed by atoms with Gasteiger partial charge >= 0.3 is 0 Å². The van der Waals surface area contributed by atoms with Gasteiger partial charge in [0, 0.05) is 22.7 Å². The summed E-state index contributed by atoms with van der Waals surface area (Å²) < 4.78 is 38.4.